The summed E-state index contributed by atoms with van der Waals surface area (Å²) < 4.78 is 60.3. The van der Waals surface area contributed by atoms with Gasteiger partial charge < -0.3 is 15.2 Å². The summed E-state index contributed by atoms with van der Waals surface area (Å²) in [6.45, 7) is -0.350. The van der Waals surface area contributed by atoms with Gasteiger partial charge in [0.15, 0.2) is 0 Å². The molecule has 0 bridgehead atoms. The summed E-state index contributed by atoms with van der Waals surface area (Å²) in [5.74, 6) is -1.88. The fourth-order valence-electron chi connectivity index (χ4n) is 3.39. The van der Waals surface area contributed by atoms with Gasteiger partial charge in [-0.1, -0.05) is 11.6 Å². The van der Waals surface area contributed by atoms with Gasteiger partial charge >= 0.3 is 6.09 Å². The summed E-state index contributed by atoms with van der Waals surface area (Å²) in [4.78, 5) is 22.7. The van der Waals surface area contributed by atoms with Crippen molar-refractivity contribution in [2.45, 2.75) is 23.6 Å². The van der Waals surface area contributed by atoms with E-state index < -0.39 is 46.0 Å². The SMILES string of the molecule is O=C(O)Nc1ccc2c(c1)N(S(=O)(=O)c1ccc(F)c(Cl)c1)C[C@H](CNC(=O)[C@H]1C[C@@H]1F)O2. The highest BCUT2D eigenvalue weighted by Crippen LogP contribution is 2.39. The molecule has 3 N–H and O–H groups in total. The monoisotopic (exact) mass is 501 g/mol. The summed E-state index contributed by atoms with van der Waals surface area (Å²) in [5.41, 5.74) is 0.131. The Morgan fingerprint density at radius 2 is 1.97 bits per heavy atom. The van der Waals surface area contributed by atoms with Gasteiger partial charge in [-0.3, -0.25) is 14.4 Å². The van der Waals surface area contributed by atoms with E-state index in [-0.39, 0.29) is 46.6 Å². The van der Waals surface area contributed by atoms with Gasteiger partial charge in [-0.2, -0.15) is 0 Å². The second kappa shape index (κ2) is 8.67. The van der Waals surface area contributed by atoms with E-state index in [4.69, 9.17) is 21.4 Å². The molecule has 1 saturated carbocycles. The number of amides is 2. The van der Waals surface area contributed by atoms with Gasteiger partial charge in [-0.05, 0) is 42.8 Å². The van der Waals surface area contributed by atoms with Crippen LogP contribution in [0.5, 0.6) is 5.75 Å². The topological polar surface area (TPSA) is 125 Å². The normalized spacial score (nSPS) is 21.5. The highest BCUT2D eigenvalue weighted by Gasteiger charge is 2.44. The Bertz CT molecular complexity index is 1230. The minimum Gasteiger partial charge on any atom is -0.484 e. The van der Waals surface area contributed by atoms with Gasteiger partial charge in [0, 0.05) is 5.69 Å². The lowest BCUT2D eigenvalue weighted by Gasteiger charge is -2.35. The van der Waals surface area contributed by atoms with Crippen LogP contribution < -0.4 is 19.7 Å². The third kappa shape index (κ3) is 4.81. The number of hydrogen-bond donors (Lipinski definition) is 3. The molecule has 2 amide bonds. The summed E-state index contributed by atoms with van der Waals surface area (Å²) in [7, 11) is -4.29. The molecule has 13 heteroatoms. The third-order valence-corrected chi connectivity index (χ3v) is 7.24. The zero-order valence-electron chi connectivity index (χ0n) is 16.8. The number of halogens is 3. The molecule has 2 aromatic rings. The molecule has 1 aliphatic heterocycles. The van der Waals surface area contributed by atoms with Crippen molar-refractivity contribution in [3.63, 3.8) is 0 Å². The molecule has 4 rings (SSSR count). The number of nitrogens with zero attached hydrogens (tertiary/aromatic N) is 1. The number of ether oxygens (including phenoxy) is 1. The summed E-state index contributed by atoms with van der Waals surface area (Å²) in [6, 6.07) is 6.97. The molecule has 2 aliphatic rings. The fraction of sp³-hybridized carbons (Fsp3) is 0.300. The van der Waals surface area contributed by atoms with Crippen LogP contribution >= 0.6 is 11.6 Å². The van der Waals surface area contributed by atoms with E-state index in [0.717, 1.165) is 22.5 Å². The Morgan fingerprint density at radius 3 is 2.61 bits per heavy atom. The van der Waals surface area contributed by atoms with E-state index in [9.17, 15) is 26.8 Å². The molecular formula is C20H18ClF2N3O6S. The number of hydrogen-bond acceptors (Lipinski definition) is 5. The van der Waals surface area contributed by atoms with Gasteiger partial charge in [0.1, 0.15) is 23.8 Å². The van der Waals surface area contributed by atoms with Crippen molar-refractivity contribution in [1.82, 2.24) is 5.32 Å². The smallest absolute Gasteiger partial charge is 0.409 e. The van der Waals surface area contributed by atoms with Gasteiger partial charge in [-0.15, -0.1) is 0 Å². The molecule has 1 heterocycles. The lowest BCUT2D eigenvalue weighted by Crippen LogP contribution is -2.48. The fourth-order valence-corrected chi connectivity index (χ4v) is 5.16. The maximum Gasteiger partial charge on any atom is 0.409 e. The van der Waals surface area contributed by atoms with Gasteiger partial charge in [0.05, 0.1) is 34.6 Å². The van der Waals surface area contributed by atoms with Crippen molar-refractivity contribution in [3.8, 4) is 5.75 Å². The second-order valence-corrected chi connectivity index (χ2v) is 9.84. The van der Waals surface area contributed by atoms with Gasteiger partial charge in [-0.25, -0.2) is 22.0 Å². The van der Waals surface area contributed by atoms with E-state index in [2.05, 4.69) is 10.6 Å². The number of rotatable bonds is 6. The maximum absolute atomic E-state index is 13.6. The molecule has 1 fully saturated rings. The molecule has 9 nitrogen and oxygen atoms in total. The first-order chi connectivity index (χ1) is 15.6. The highest BCUT2D eigenvalue weighted by atomic mass is 35.5. The standard InChI is InChI=1S/C20H18ClF2N3O6S/c21-14-6-12(2-3-15(14)22)33(30,31)26-9-11(8-24-19(27)13-7-16(13)23)32-18-4-1-10(5-17(18)26)25-20(28)29/h1-6,11,13,16,25H,7-9H2,(H,24,27)(H,28,29)/t11-,13-,16-/m0/s1. The zero-order chi connectivity index (χ0) is 23.9. The molecule has 33 heavy (non-hydrogen) atoms. The first-order valence-electron chi connectivity index (χ1n) is 9.76. The van der Waals surface area contributed by atoms with Gasteiger partial charge in [0.2, 0.25) is 5.91 Å². The first kappa shape index (κ1) is 23.1. The predicted octanol–water partition coefficient (Wildman–Crippen LogP) is 3.00. The molecule has 2 aromatic carbocycles. The van der Waals surface area contributed by atoms with Crippen LogP contribution in [0.3, 0.4) is 0 Å². The molecule has 1 aliphatic carbocycles. The minimum atomic E-state index is -4.29. The first-order valence-corrected chi connectivity index (χ1v) is 11.6. The summed E-state index contributed by atoms with van der Waals surface area (Å²) in [6.07, 6.45) is -3.22. The average Bonchev–Trinajstić information content (AvgIpc) is 3.49. The minimum absolute atomic E-state index is 0.0373. The Morgan fingerprint density at radius 1 is 1.24 bits per heavy atom. The van der Waals surface area contributed by atoms with Crippen molar-refractivity contribution >= 4 is 45.0 Å². The number of alkyl halides is 1. The van der Waals surface area contributed by atoms with E-state index >= 15 is 0 Å². The van der Waals surface area contributed by atoms with Crippen LogP contribution in [0.4, 0.5) is 25.0 Å². The quantitative estimate of drug-likeness (QED) is 0.559. The van der Waals surface area contributed by atoms with Gasteiger partial charge in [0.25, 0.3) is 10.0 Å². The van der Waals surface area contributed by atoms with E-state index in [0.29, 0.717) is 0 Å². The van der Waals surface area contributed by atoms with Crippen molar-refractivity contribution in [1.29, 1.82) is 0 Å². The van der Waals surface area contributed by atoms with Crippen LogP contribution in [0.1, 0.15) is 6.42 Å². The van der Waals surface area contributed by atoms with Crippen LogP contribution in [-0.4, -0.2) is 50.9 Å². The van der Waals surface area contributed by atoms with E-state index in [1.165, 1.54) is 18.2 Å². The lowest BCUT2D eigenvalue weighted by molar-refractivity contribution is -0.123. The molecule has 0 radical (unpaired) electrons. The van der Waals surface area contributed by atoms with Crippen LogP contribution in [0, 0.1) is 11.7 Å². The molecule has 0 unspecified atom stereocenters. The Hall–Kier alpha value is -3.12. The van der Waals surface area contributed by atoms with Crippen molar-refractivity contribution < 1.29 is 36.6 Å². The molecule has 3 atom stereocenters. The highest BCUT2D eigenvalue weighted by molar-refractivity contribution is 7.92. The lowest BCUT2D eigenvalue weighted by atomic mass is 10.2. The van der Waals surface area contributed by atoms with Crippen LogP contribution in [0.25, 0.3) is 0 Å². The number of sulfonamides is 1. The second-order valence-electron chi connectivity index (χ2n) is 7.57. The number of nitrogens with one attached hydrogen (secondary N) is 2. The molecule has 0 aromatic heterocycles. The zero-order valence-corrected chi connectivity index (χ0v) is 18.4. The average molecular weight is 502 g/mol. The molecule has 176 valence electrons. The number of fused-ring (bicyclic) bond motifs is 1. The Kier molecular flexibility index (Phi) is 6.06. The summed E-state index contributed by atoms with van der Waals surface area (Å²) in [5, 5.41) is 13.3. The van der Waals surface area contributed by atoms with Crippen LogP contribution in [0.2, 0.25) is 5.02 Å². The van der Waals surface area contributed by atoms with Crippen LogP contribution in [-0.2, 0) is 14.8 Å². The number of carboxylic acid groups (broad SMARTS) is 1. The number of carbonyl (C=O) groups excluding carboxylic acids is 1. The largest absolute Gasteiger partial charge is 0.484 e. The van der Waals surface area contributed by atoms with Crippen molar-refractivity contribution in [3.05, 3.63) is 47.2 Å². The number of benzene rings is 2. The molecule has 0 saturated heterocycles. The van der Waals surface area contributed by atoms with Crippen molar-refractivity contribution in [2.75, 3.05) is 22.7 Å². The Labute approximate surface area is 192 Å². The summed E-state index contributed by atoms with van der Waals surface area (Å²) >= 11 is 5.77. The number of carbonyl (C=O) groups is 2. The van der Waals surface area contributed by atoms with E-state index in [1.54, 1.807) is 0 Å². The number of anilines is 2. The maximum atomic E-state index is 13.6. The molecule has 0 spiro atoms. The Balaban J connectivity index is 1.66. The predicted molar refractivity (Wildman–Crippen MR) is 114 cm³/mol. The third-order valence-electron chi connectivity index (χ3n) is 5.17. The van der Waals surface area contributed by atoms with Crippen LogP contribution in [0.15, 0.2) is 41.3 Å². The van der Waals surface area contributed by atoms with Crippen molar-refractivity contribution in [2.24, 2.45) is 5.92 Å². The molecular weight excluding hydrogens is 484 g/mol. The van der Waals surface area contributed by atoms with E-state index in [1.807, 2.05) is 0 Å².